The van der Waals surface area contributed by atoms with Crippen molar-refractivity contribution in [1.82, 2.24) is 0 Å². The summed E-state index contributed by atoms with van der Waals surface area (Å²) < 4.78 is 56.2. The molecule has 0 bridgehead atoms. The summed E-state index contributed by atoms with van der Waals surface area (Å²) >= 11 is 0. The fourth-order valence-electron chi connectivity index (χ4n) is 5.20. The molecule has 0 aromatic carbocycles. The predicted octanol–water partition coefficient (Wildman–Crippen LogP) is -2.95. The third-order valence-electron chi connectivity index (χ3n) is 8.63. The number of unbranched alkanes of at least 4 members (excludes halogenated alkanes) is 2. The van der Waals surface area contributed by atoms with Gasteiger partial charge in [-0.25, -0.2) is 0 Å². The van der Waals surface area contributed by atoms with E-state index in [2.05, 4.69) is 0 Å². The largest absolute Gasteiger partial charge is 0.387 e. The Labute approximate surface area is 291 Å². The highest BCUT2D eigenvalue weighted by atomic mass is 31.2. The second kappa shape index (κ2) is 19.2. The molecule has 0 aliphatic carbocycles. The van der Waals surface area contributed by atoms with Crippen LogP contribution >= 0.6 is 7.60 Å². The van der Waals surface area contributed by atoms with Crippen molar-refractivity contribution in [3.05, 3.63) is 0 Å². The van der Waals surface area contributed by atoms with Crippen molar-refractivity contribution < 1.29 is 93.1 Å². The SMILES string of the molecule is CC(C)OCC1OC(OCC2OC(OCC3OC(OCCCCCOP(=O)(O)C(C)(C)C)C(O)C(O)C3O)C(O)C(O)C2O)C(O)C(O)C1O. The maximum absolute atomic E-state index is 12.2. The standard InChI is InChI=1S/C30H57O19P/c1-14(2)43-11-15-18(31)22(35)25(38)28(48-15)45-13-17-20(33)23(36)26(39)29(49-17)44-12-16-19(32)21(34)24(37)27(47-16)42-9-7-6-8-10-46-50(40,41)30(3,4)5/h14-29,31-39H,6-13H2,1-5H3,(H,40,41). The lowest BCUT2D eigenvalue weighted by Crippen LogP contribution is -2.62. The van der Waals surface area contributed by atoms with E-state index >= 15 is 0 Å². The molecule has 3 aliphatic heterocycles. The smallest absolute Gasteiger partial charge is 0.333 e. The van der Waals surface area contributed by atoms with E-state index in [-0.39, 0.29) is 25.9 Å². The van der Waals surface area contributed by atoms with Gasteiger partial charge in [0.25, 0.3) is 0 Å². The van der Waals surface area contributed by atoms with E-state index in [9.17, 15) is 55.4 Å². The maximum atomic E-state index is 12.2. The molecule has 0 radical (unpaired) electrons. The average Bonchev–Trinajstić information content (AvgIpc) is 3.04. The van der Waals surface area contributed by atoms with Crippen LogP contribution in [-0.4, -0.2) is 187 Å². The van der Waals surface area contributed by atoms with E-state index in [1.807, 2.05) is 0 Å². The molecule has 3 fully saturated rings. The molecule has 3 rings (SSSR count). The first-order chi connectivity index (χ1) is 23.3. The molecule has 3 heterocycles. The normalized spacial score (nSPS) is 41.3. The van der Waals surface area contributed by atoms with Gasteiger partial charge >= 0.3 is 7.60 Å². The number of hydrogen-bond acceptors (Lipinski definition) is 18. The van der Waals surface area contributed by atoms with Gasteiger partial charge in [-0.1, -0.05) is 0 Å². The van der Waals surface area contributed by atoms with Crippen LogP contribution in [0.25, 0.3) is 0 Å². The first-order valence-corrected chi connectivity index (χ1v) is 18.4. The van der Waals surface area contributed by atoms with E-state index < -0.39 is 118 Å². The number of aliphatic hydroxyl groups excluding tert-OH is 9. The van der Waals surface area contributed by atoms with Crippen molar-refractivity contribution in [2.24, 2.45) is 0 Å². The summed E-state index contributed by atoms with van der Waals surface area (Å²) in [5, 5.41) is 92.9. The van der Waals surface area contributed by atoms with Gasteiger partial charge in [0.2, 0.25) is 0 Å². The molecular formula is C30H57O19P. The minimum Gasteiger partial charge on any atom is -0.387 e. The maximum Gasteiger partial charge on any atom is 0.333 e. The molecule has 0 amide bonds. The molecule has 50 heavy (non-hydrogen) atoms. The zero-order chi connectivity index (χ0) is 37.6. The van der Waals surface area contributed by atoms with Crippen LogP contribution in [0, 0.1) is 0 Å². The molecule has 16 unspecified atom stereocenters. The number of rotatable bonds is 17. The topological polar surface area (TPSA) is 293 Å². The number of ether oxygens (including phenoxy) is 7. The Morgan fingerprint density at radius 2 is 0.940 bits per heavy atom. The fraction of sp³-hybridized carbons (Fsp3) is 1.00. The molecule has 20 heteroatoms. The van der Waals surface area contributed by atoms with E-state index in [0.29, 0.717) is 19.3 Å². The summed E-state index contributed by atoms with van der Waals surface area (Å²) in [6.07, 6.45) is -22.1. The van der Waals surface area contributed by atoms with E-state index in [1.54, 1.807) is 34.6 Å². The third kappa shape index (κ3) is 11.5. The highest BCUT2D eigenvalue weighted by Gasteiger charge is 2.49. The van der Waals surface area contributed by atoms with Crippen LogP contribution in [0.15, 0.2) is 0 Å². The van der Waals surface area contributed by atoms with Gasteiger partial charge in [0.15, 0.2) is 18.9 Å². The summed E-state index contributed by atoms with van der Waals surface area (Å²) in [5.74, 6) is 0. The molecule has 0 saturated carbocycles. The van der Waals surface area contributed by atoms with Crippen LogP contribution in [0.3, 0.4) is 0 Å². The molecule has 296 valence electrons. The van der Waals surface area contributed by atoms with E-state index in [1.165, 1.54) is 0 Å². The lowest BCUT2D eigenvalue weighted by molar-refractivity contribution is -0.343. The Kier molecular flexibility index (Phi) is 16.9. The summed E-state index contributed by atoms with van der Waals surface area (Å²) in [6.45, 7) is 7.23. The van der Waals surface area contributed by atoms with Gasteiger partial charge in [-0.3, -0.25) is 4.57 Å². The Hall–Kier alpha value is -0.490. The van der Waals surface area contributed by atoms with Crippen molar-refractivity contribution in [2.45, 2.75) is 157 Å². The van der Waals surface area contributed by atoms with Crippen LogP contribution in [-0.2, 0) is 42.2 Å². The van der Waals surface area contributed by atoms with Crippen LogP contribution in [0.4, 0.5) is 0 Å². The van der Waals surface area contributed by atoms with Crippen molar-refractivity contribution in [2.75, 3.05) is 33.0 Å². The second-order valence-electron chi connectivity index (χ2n) is 14.0. The third-order valence-corrected chi connectivity index (χ3v) is 10.9. The lowest BCUT2D eigenvalue weighted by atomic mass is 9.98. The van der Waals surface area contributed by atoms with Crippen LogP contribution in [0.2, 0.25) is 0 Å². The molecule has 0 spiro atoms. The minimum absolute atomic E-state index is 0.0592. The molecule has 0 aromatic rings. The van der Waals surface area contributed by atoms with E-state index in [4.69, 9.17) is 37.7 Å². The number of aliphatic hydroxyl groups is 9. The highest BCUT2D eigenvalue weighted by molar-refractivity contribution is 7.54. The molecule has 10 N–H and O–H groups in total. The van der Waals surface area contributed by atoms with Gasteiger partial charge in [0.05, 0.1) is 37.7 Å². The monoisotopic (exact) mass is 752 g/mol. The Bertz CT molecular complexity index is 1050. The summed E-state index contributed by atoms with van der Waals surface area (Å²) in [4.78, 5) is 9.96. The van der Waals surface area contributed by atoms with Gasteiger partial charge in [0.1, 0.15) is 73.2 Å². The lowest BCUT2D eigenvalue weighted by Gasteiger charge is -2.44. The predicted molar refractivity (Wildman–Crippen MR) is 168 cm³/mol. The highest BCUT2D eigenvalue weighted by Crippen LogP contribution is 2.54. The first kappa shape index (κ1) is 43.9. The number of hydrogen-bond donors (Lipinski definition) is 10. The summed E-state index contributed by atoms with van der Waals surface area (Å²) in [6, 6.07) is 0. The minimum atomic E-state index is -3.77. The van der Waals surface area contributed by atoms with Gasteiger partial charge < -0.3 is 88.5 Å². The average molecular weight is 753 g/mol. The fourth-order valence-corrected chi connectivity index (χ4v) is 5.97. The van der Waals surface area contributed by atoms with Gasteiger partial charge in [0, 0.05) is 6.61 Å². The molecule has 19 nitrogen and oxygen atoms in total. The van der Waals surface area contributed by atoms with Gasteiger partial charge in [-0.05, 0) is 53.9 Å². The summed E-state index contributed by atoms with van der Waals surface area (Å²) in [7, 11) is -3.77. The molecular weight excluding hydrogens is 695 g/mol. The second-order valence-corrected chi connectivity index (χ2v) is 16.7. The molecule has 3 aliphatic rings. The van der Waals surface area contributed by atoms with Crippen molar-refractivity contribution in [1.29, 1.82) is 0 Å². The summed E-state index contributed by atoms with van der Waals surface area (Å²) in [5.41, 5.74) is 0. The molecule has 16 atom stereocenters. The van der Waals surface area contributed by atoms with Crippen LogP contribution in [0.5, 0.6) is 0 Å². The van der Waals surface area contributed by atoms with Gasteiger partial charge in [-0.2, -0.15) is 0 Å². The Morgan fingerprint density at radius 3 is 1.34 bits per heavy atom. The first-order valence-electron chi connectivity index (χ1n) is 16.8. The zero-order valence-electron chi connectivity index (χ0n) is 29.0. The Balaban J connectivity index is 1.50. The van der Waals surface area contributed by atoms with Crippen LogP contribution in [0.1, 0.15) is 53.9 Å². The van der Waals surface area contributed by atoms with Crippen molar-refractivity contribution in [3.8, 4) is 0 Å². The quantitative estimate of drug-likeness (QED) is 0.0525. The van der Waals surface area contributed by atoms with Crippen molar-refractivity contribution >= 4 is 7.60 Å². The van der Waals surface area contributed by atoms with Gasteiger partial charge in [-0.15, -0.1) is 0 Å². The molecule has 3 saturated heterocycles. The zero-order valence-corrected chi connectivity index (χ0v) is 29.9. The van der Waals surface area contributed by atoms with E-state index in [0.717, 1.165) is 0 Å². The molecule has 0 aromatic heterocycles. The van der Waals surface area contributed by atoms with Crippen LogP contribution < -0.4 is 0 Å². The Morgan fingerprint density at radius 1 is 0.560 bits per heavy atom. The van der Waals surface area contributed by atoms with Crippen molar-refractivity contribution in [3.63, 3.8) is 0 Å².